The molecule has 0 saturated carbocycles. The Morgan fingerprint density at radius 2 is 1.90 bits per heavy atom. The number of benzene rings is 2. The molecular formula is C18H18O2. The smallest absolute Gasteiger partial charge is 0.330 e. The molecule has 0 aliphatic rings. The summed E-state index contributed by atoms with van der Waals surface area (Å²) < 4.78 is 5.45. The number of fused-ring (bicyclic) bond motifs is 1. The van der Waals surface area contributed by atoms with E-state index in [9.17, 15) is 4.79 Å². The van der Waals surface area contributed by atoms with Gasteiger partial charge in [-0.1, -0.05) is 49.1 Å². The molecule has 0 unspecified atom stereocenters. The Balaban J connectivity index is 2.53. The highest BCUT2D eigenvalue weighted by Crippen LogP contribution is 2.31. The molecule has 0 heterocycles. The van der Waals surface area contributed by atoms with E-state index >= 15 is 0 Å². The molecule has 0 aromatic heterocycles. The van der Waals surface area contributed by atoms with Crippen LogP contribution in [-0.4, -0.2) is 5.97 Å². The molecule has 0 fully saturated rings. The summed E-state index contributed by atoms with van der Waals surface area (Å²) in [5.74, 6) is -0.415. The molecule has 0 radical (unpaired) electrons. The van der Waals surface area contributed by atoms with Crippen molar-refractivity contribution in [1.82, 2.24) is 0 Å². The first-order chi connectivity index (χ1) is 9.67. The summed E-state index contributed by atoms with van der Waals surface area (Å²) in [5.41, 5.74) is 2.21. The fourth-order valence-electron chi connectivity index (χ4n) is 2.33. The van der Waals surface area contributed by atoms with Crippen molar-refractivity contribution >= 4 is 16.7 Å². The predicted octanol–water partition coefficient (Wildman–Crippen LogP) is 4.49. The average Bonchev–Trinajstić information content (AvgIpc) is 2.47. The lowest BCUT2D eigenvalue weighted by Gasteiger charge is -2.18. The van der Waals surface area contributed by atoms with Gasteiger partial charge < -0.3 is 4.74 Å². The molecule has 0 aliphatic heterocycles. The van der Waals surface area contributed by atoms with Crippen LogP contribution < -0.4 is 0 Å². The maximum Gasteiger partial charge on any atom is 0.330 e. The highest BCUT2D eigenvalue weighted by Gasteiger charge is 2.17. The van der Waals surface area contributed by atoms with Gasteiger partial charge in [-0.05, 0) is 23.3 Å². The molecule has 0 aliphatic carbocycles. The van der Waals surface area contributed by atoms with E-state index in [-0.39, 0.29) is 6.10 Å². The molecule has 2 aromatic carbocycles. The molecule has 0 amide bonds. The van der Waals surface area contributed by atoms with Crippen molar-refractivity contribution < 1.29 is 9.53 Å². The summed E-state index contributed by atoms with van der Waals surface area (Å²) in [4.78, 5) is 11.5. The van der Waals surface area contributed by atoms with Crippen LogP contribution in [0.4, 0.5) is 0 Å². The van der Waals surface area contributed by atoms with Gasteiger partial charge in [0.15, 0.2) is 0 Å². The van der Waals surface area contributed by atoms with Gasteiger partial charge in [0, 0.05) is 18.1 Å². The highest BCUT2D eigenvalue weighted by molar-refractivity contribution is 5.89. The van der Waals surface area contributed by atoms with E-state index in [1.54, 1.807) is 6.08 Å². The quantitative estimate of drug-likeness (QED) is 0.452. The number of esters is 1. The Kier molecular flexibility index (Phi) is 4.36. The van der Waals surface area contributed by atoms with Crippen LogP contribution in [0.25, 0.3) is 10.8 Å². The monoisotopic (exact) mass is 266 g/mol. The minimum Gasteiger partial charge on any atom is -0.454 e. The van der Waals surface area contributed by atoms with E-state index in [2.05, 4.69) is 38.3 Å². The number of hydrogen-bond donors (Lipinski definition) is 0. The van der Waals surface area contributed by atoms with Crippen molar-refractivity contribution in [2.75, 3.05) is 0 Å². The average molecular weight is 266 g/mol. The largest absolute Gasteiger partial charge is 0.454 e. The SMILES string of the molecule is C=CC[C@@H](OC(=O)C=C)c1ccc(C)c2ccccc12. The zero-order valence-corrected chi connectivity index (χ0v) is 11.6. The standard InChI is InChI=1S/C18H18O2/c1-4-8-17(20-18(19)5-2)16-12-11-13(3)14-9-6-7-10-15(14)16/h4-7,9-12,17H,1-2,8H2,3H3/t17-/m1/s1. The summed E-state index contributed by atoms with van der Waals surface area (Å²) in [6.45, 7) is 9.26. The predicted molar refractivity (Wildman–Crippen MR) is 82.5 cm³/mol. The third kappa shape index (κ3) is 2.80. The maximum atomic E-state index is 11.5. The number of aryl methyl sites for hydroxylation is 1. The van der Waals surface area contributed by atoms with Crippen LogP contribution in [-0.2, 0) is 9.53 Å². The van der Waals surface area contributed by atoms with Gasteiger partial charge >= 0.3 is 5.97 Å². The molecule has 2 rings (SSSR count). The van der Waals surface area contributed by atoms with Gasteiger partial charge in [-0.25, -0.2) is 4.79 Å². The summed E-state index contributed by atoms with van der Waals surface area (Å²) in [6, 6.07) is 12.2. The van der Waals surface area contributed by atoms with Crippen LogP contribution >= 0.6 is 0 Å². The highest BCUT2D eigenvalue weighted by atomic mass is 16.5. The molecule has 2 aromatic rings. The van der Waals surface area contributed by atoms with Gasteiger partial charge in [0.05, 0.1) is 0 Å². The molecule has 0 bridgehead atoms. The second-order valence-electron chi connectivity index (χ2n) is 4.67. The third-order valence-corrected chi connectivity index (χ3v) is 3.33. The van der Waals surface area contributed by atoms with Gasteiger partial charge in [-0.3, -0.25) is 0 Å². The second kappa shape index (κ2) is 6.20. The van der Waals surface area contributed by atoms with Crippen LogP contribution in [0.1, 0.15) is 23.7 Å². The number of ether oxygens (including phenoxy) is 1. The lowest BCUT2D eigenvalue weighted by molar-refractivity contribution is -0.143. The van der Waals surface area contributed by atoms with Crippen molar-refractivity contribution in [3.8, 4) is 0 Å². The maximum absolute atomic E-state index is 11.5. The van der Waals surface area contributed by atoms with Crippen molar-refractivity contribution in [2.45, 2.75) is 19.4 Å². The topological polar surface area (TPSA) is 26.3 Å². The lowest BCUT2D eigenvalue weighted by Crippen LogP contribution is -2.09. The Hall–Kier alpha value is -2.35. The molecule has 102 valence electrons. The summed E-state index contributed by atoms with van der Waals surface area (Å²) >= 11 is 0. The molecule has 2 heteroatoms. The Morgan fingerprint density at radius 3 is 2.55 bits per heavy atom. The van der Waals surface area contributed by atoms with Crippen LogP contribution in [0.2, 0.25) is 0 Å². The number of carbonyl (C=O) groups excluding carboxylic acids is 1. The molecule has 2 nitrogen and oxygen atoms in total. The van der Waals surface area contributed by atoms with Crippen LogP contribution in [0, 0.1) is 6.92 Å². The van der Waals surface area contributed by atoms with Crippen molar-refractivity contribution in [3.63, 3.8) is 0 Å². The van der Waals surface area contributed by atoms with Crippen molar-refractivity contribution in [3.05, 3.63) is 72.8 Å². The minimum absolute atomic E-state index is 0.330. The first-order valence-electron chi connectivity index (χ1n) is 6.59. The molecule has 0 spiro atoms. The van der Waals surface area contributed by atoms with Gasteiger partial charge in [0.2, 0.25) is 0 Å². The Labute approximate surface area is 119 Å². The van der Waals surface area contributed by atoms with Crippen molar-refractivity contribution in [2.24, 2.45) is 0 Å². The summed E-state index contributed by atoms with van der Waals surface area (Å²) in [6.07, 6.45) is 3.19. The lowest BCUT2D eigenvalue weighted by atomic mass is 9.95. The van der Waals surface area contributed by atoms with Crippen molar-refractivity contribution in [1.29, 1.82) is 0 Å². The van der Waals surface area contributed by atoms with Gasteiger partial charge in [-0.15, -0.1) is 6.58 Å². The molecule has 0 saturated heterocycles. The number of hydrogen-bond acceptors (Lipinski definition) is 2. The fraction of sp³-hybridized carbons (Fsp3) is 0.167. The Bertz CT molecular complexity index is 656. The first kappa shape index (κ1) is 14.1. The van der Waals surface area contributed by atoms with E-state index in [0.29, 0.717) is 6.42 Å². The third-order valence-electron chi connectivity index (χ3n) is 3.33. The second-order valence-corrected chi connectivity index (χ2v) is 4.67. The summed E-state index contributed by atoms with van der Waals surface area (Å²) in [7, 11) is 0. The first-order valence-corrected chi connectivity index (χ1v) is 6.59. The number of carbonyl (C=O) groups is 1. The van der Waals surface area contributed by atoms with E-state index < -0.39 is 5.97 Å². The van der Waals surface area contributed by atoms with E-state index in [1.807, 2.05) is 18.2 Å². The van der Waals surface area contributed by atoms with E-state index in [0.717, 1.165) is 10.9 Å². The fourth-order valence-corrected chi connectivity index (χ4v) is 2.33. The summed E-state index contributed by atoms with van der Waals surface area (Å²) in [5, 5.41) is 2.28. The molecule has 1 atom stereocenters. The zero-order valence-electron chi connectivity index (χ0n) is 11.6. The van der Waals surface area contributed by atoms with E-state index in [4.69, 9.17) is 4.74 Å². The Morgan fingerprint density at radius 1 is 1.20 bits per heavy atom. The van der Waals surface area contributed by atoms with Crippen LogP contribution in [0.3, 0.4) is 0 Å². The van der Waals surface area contributed by atoms with Crippen LogP contribution in [0.15, 0.2) is 61.7 Å². The van der Waals surface area contributed by atoms with Gasteiger partial charge in [0.25, 0.3) is 0 Å². The molecular weight excluding hydrogens is 248 g/mol. The zero-order chi connectivity index (χ0) is 14.5. The normalized spacial score (nSPS) is 11.8. The minimum atomic E-state index is -0.415. The van der Waals surface area contributed by atoms with Gasteiger partial charge in [0.1, 0.15) is 6.10 Å². The van der Waals surface area contributed by atoms with E-state index in [1.165, 1.54) is 17.0 Å². The van der Waals surface area contributed by atoms with Gasteiger partial charge in [-0.2, -0.15) is 0 Å². The molecule has 0 N–H and O–H groups in total. The van der Waals surface area contributed by atoms with Crippen LogP contribution in [0.5, 0.6) is 0 Å². The molecule has 20 heavy (non-hydrogen) atoms. The number of rotatable bonds is 5.